The van der Waals surface area contributed by atoms with Crippen LogP contribution in [0.3, 0.4) is 0 Å². The molecule has 0 fully saturated rings. The van der Waals surface area contributed by atoms with Crippen LogP contribution in [-0.2, 0) is 13.6 Å². The Hall–Kier alpha value is -3.59. The fourth-order valence-electron chi connectivity index (χ4n) is 3.53. The van der Waals surface area contributed by atoms with Crippen LogP contribution in [0.1, 0.15) is 52.9 Å². The van der Waals surface area contributed by atoms with Crippen molar-refractivity contribution in [2.24, 2.45) is 7.05 Å². The van der Waals surface area contributed by atoms with E-state index in [-0.39, 0.29) is 5.91 Å². The van der Waals surface area contributed by atoms with E-state index in [0.29, 0.717) is 23.3 Å². The molecule has 0 atom stereocenters. The van der Waals surface area contributed by atoms with E-state index >= 15 is 0 Å². The summed E-state index contributed by atoms with van der Waals surface area (Å²) in [6.45, 7) is 4.63. The number of rotatable bonds is 7. The lowest BCUT2D eigenvalue weighted by Crippen LogP contribution is -2.17. The molecular formula is C23H23FN6OS. The van der Waals surface area contributed by atoms with Crippen molar-refractivity contribution in [1.29, 1.82) is 0 Å². The van der Waals surface area contributed by atoms with Gasteiger partial charge in [-0.3, -0.25) is 10.1 Å². The first-order chi connectivity index (χ1) is 15.4. The monoisotopic (exact) mass is 450 g/mol. The van der Waals surface area contributed by atoms with Crippen LogP contribution in [0.15, 0.2) is 48.4 Å². The van der Waals surface area contributed by atoms with E-state index in [1.165, 1.54) is 23.6 Å². The second kappa shape index (κ2) is 9.27. The summed E-state index contributed by atoms with van der Waals surface area (Å²) in [6.07, 6.45) is 8.82. The molecule has 32 heavy (non-hydrogen) atoms. The molecule has 0 aliphatic carbocycles. The van der Waals surface area contributed by atoms with Crippen LogP contribution in [-0.4, -0.2) is 30.0 Å². The third-order valence-corrected chi connectivity index (χ3v) is 5.70. The van der Waals surface area contributed by atoms with Gasteiger partial charge < -0.3 is 9.13 Å². The van der Waals surface area contributed by atoms with Crippen LogP contribution >= 0.6 is 11.3 Å². The Morgan fingerprint density at radius 2 is 2.12 bits per heavy atom. The SMILES string of the molecule is CC(C)c1c(/C=C/c2csc(NC(=O)c3cccn3Cc3ccnc(F)c3)n2)ncn1C. The Morgan fingerprint density at radius 3 is 2.91 bits per heavy atom. The van der Waals surface area contributed by atoms with Gasteiger partial charge in [0.15, 0.2) is 5.13 Å². The third kappa shape index (κ3) is 4.83. The maximum absolute atomic E-state index is 13.4. The lowest BCUT2D eigenvalue weighted by atomic mass is 10.1. The summed E-state index contributed by atoms with van der Waals surface area (Å²) in [5.41, 5.74) is 3.99. The molecular weight excluding hydrogens is 427 g/mol. The number of nitrogens with one attached hydrogen (secondary N) is 1. The van der Waals surface area contributed by atoms with Crippen molar-refractivity contribution in [1.82, 2.24) is 24.1 Å². The van der Waals surface area contributed by atoms with Crippen molar-refractivity contribution in [2.45, 2.75) is 26.3 Å². The smallest absolute Gasteiger partial charge is 0.274 e. The van der Waals surface area contributed by atoms with Gasteiger partial charge in [0.1, 0.15) is 5.69 Å². The topological polar surface area (TPSA) is 77.6 Å². The maximum Gasteiger partial charge on any atom is 0.274 e. The van der Waals surface area contributed by atoms with Gasteiger partial charge in [-0.05, 0) is 47.9 Å². The number of hydrogen-bond donors (Lipinski definition) is 1. The fourth-order valence-corrected chi connectivity index (χ4v) is 4.20. The van der Waals surface area contributed by atoms with Gasteiger partial charge in [0.25, 0.3) is 5.91 Å². The second-order valence-corrected chi connectivity index (χ2v) is 8.51. The van der Waals surface area contributed by atoms with Gasteiger partial charge >= 0.3 is 0 Å². The summed E-state index contributed by atoms with van der Waals surface area (Å²) in [4.78, 5) is 25.3. The average Bonchev–Trinajstić information content (AvgIpc) is 3.46. The van der Waals surface area contributed by atoms with Gasteiger partial charge in [-0.25, -0.2) is 15.0 Å². The average molecular weight is 451 g/mol. The zero-order valence-corrected chi connectivity index (χ0v) is 18.8. The Labute approximate surface area is 189 Å². The molecule has 4 rings (SSSR count). The van der Waals surface area contributed by atoms with Crippen molar-refractivity contribution < 1.29 is 9.18 Å². The van der Waals surface area contributed by atoms with E-state index in [0.717, 1.165) is 22.6 Å². The summed E-state index contributed by atoms with van der Waals surface area (Å²) < 4.78 is 17.1. The van der Waals surface area contributed by atoms with Crippen molar-refractivity contribution in [3.8, 4) is 0 Å². The molecule has 0 aliphatic heterocycles. The minimum Gasteiger partial charge on any atom is -0.339 e. The summed E-state index contributed by atoms with van der Waals surface area (Å²) in [5.74, 6) is -0.469. The molecule has 164 valence electrons. The molecule has 4 aromatic heterocycles. The van der Waals surface area contributed by atoms with Gasteiger partial charge in [0.2, 0.25) is 5.95 Å². The Bertz CT molecular complexity index is 1270. The number of pyridine rings is 1. The van der Waals surface area contributed by atoms with E-state index in [9.17, 15) is 9.18 Å². The summed E-state index contributed by atoms with van der Waals surface area (Å²) in [7, 11) is 1.98. The number of aryl methyl sites for hydroxylation is 1. The molecule has 0 radical (unpaired) electrons. The quantitative estimate of drug-likeness (QED) is 0.410. The fraction of sp³-hybridized carbons (Fsp3) is 0.217. The van der Waals surface area contributed by atoms with Gasteiger partial charge in [-0.2, -0.15) is 4.39 Å². The summed E-state index contributed by atoms with van der Waals surface area (Å²) in [5, 5.41) is 5.22. The van der Waals surface area contributed by atoms with E-state index in [2.05, 4.69) is 34.1 Å². The van der Waals surface area contributed by atoms with Crippen LogP contribution in [0.25, 0.3) is 12.2 Å². The molecule has 4 heterocycles. The molecule has 0 spiro atoms. The molecule has 0 saturated heterocycles. The highest BCUT2D eigenvalue weighted by Gasteiger charge is 2.14. The Kier molecular flexibility index (Phi) is 6.27. The third-order valence-electron chi connectivity index (χ3n) is 4.92. The minimum atomic E-state index is -0.546. The van der Waals surface area contributed by atoms with Crippen LogP contribution in [0.5, 0.6) is 0 Å². The number of imidazole rings is 1. The standard InChI is InChI=1S/C23H23FN6OS/c1-15(2)21-18(26-14-29(21)3)7-6-17-13-32-23(27-17)28-22(31)19-5-4-10-30(19)12-16-8-9-25-20(24)11-16/h4-11,13-15H,12H2,1-3H3,(H,27,28,31)/b7-6+. The molecule has 0 aromatic carbocycles. The first kappa shape index (κ1) is 21.6. The van der Waals surface area contributed by atoms with Crippen molar-refractivity contribution in [2.75, 3.05) is 5.32 Å². The normalized spacial score (nSPS) is 11.5. The van der Waals surface area contributed by atoms with Crippen molar-refractivity contribution in [3.63, 3.8) is 0 Å². The molecule has 0 unspecified atom stereocenters. The lowest BCUT2D eigenvalue weighted by molar-refractivity contribution is 0.101. The number of halogens is 1. The number of hydrogen-bond acceptors (Lipinski definition) is 5. The van der Waals surface area contributed by atoms with Crippen molar-refractivity contribution >= 4 is 34.5 Å². The Morgan fingerprint density at radius 1 is 1.28 bits per heavy atom. The van der Waals surface area contributed by atoms with E-state index in [1.54, 1.807) is 35.3 Å². The predicted molar refractivity (Wildman–Crippen MR) is 124 cm³/mol. The van der Waals surface area contributed by atoms with Gasteiger partial charge in [-0.1, -0.05) is 13.8 Å². The highest BCUT2D eigenvalue weighted by atomic mass is 32.1. The molecule has 1 N–H and O–H groups in total. The molecule has 7 nitrogen and oxygen atoms in total. The number of anilines is 1. The largest absolute Gasteiger partial charge is 0.339 e. The number of thiazole rings is 1. The second-order valence-electron chi connectivity index (χ2n) is 7.65. The predicted octanol–water partition coefficient (Wildman–Crippen LogP) is 4.81. The van der Waals surface area contributed by atoms with Crippen LogP contribution in [0.4, 0.5) is 9.52 Å². The highest BCUT2D eigenvalue weighted by molar-refractivity contribution is 7.14. The van der Waals surface area contributed by atoms with E-state index in [4.69, 9.17) is 0 Å². The Balaban J connectivity index is 1.44. The zero-order valence-electron chi connectivity index (χ0n) is 18.0. The van der Waals surface area contributed by atoms with Crippen LogP contribution in [0.2, 0.25) is 0 Å². The van der Waals surface area contributed by atoms with E-state index in [1.807, 2.05) is 29.1 Å². The molecule has 0 bridgehead atoms. The molecule has 1 amide bonds. The van der Waals surface area contributed by atoms with Gasteiger partial charge in [-0.15, -0.1) is 11.3 Å². The molecule has 4 aromatic rings. The molecule has 0 saturated carbocycles. The van der Waals surface area contributed by atoms with Crippen molar-refractivity contribution in [3.05, 3.63) is 82.7 Å². The lowest BCUT2D eigenvalue weighted by Gasteiger charge is -2.09. The van der Waals surface area contributed by atoms with Crippen LogP contribution in [0, 0.1) is 5.95 Å². The minimum absolute atomic E-state index is 0.277. The number of nitrogens with zero attached hydrogens (tertiary/aromatic N) is 5. The number of carbonyl (C=O) groups is 1. The van der Waals surface area contributed by atoms with Crippen LogP contribution < -0.4 is 5.32 Å². The first-order valence-corrected chi connectivity index (χ1v) is 11.0. The summed E-state index contributed by atoms with van der Waals surface area (Å²) >= 11 is 1.35. The molecule has 0 aliphatic rings. The number of carbonyl (C=O) groups excluding carboxylic acids is 1. The number of amides is 1. The maximum atomic E-state index is 13.4. The highest BCUT2D eigenvalue weighted by Crippen LogP contribution is 2.22. The van der Waals surface area contributed by atoms with Gasteiger partial charge in [0.05, 0.1) is 17.7 Å². The van der Waals surface area contributed by atoms with E-state index < -0.39 is 5.95 Å². The first-order valence-electron chi connectivity index (χ1n) is 10.1. The molecule has 9 heteroatoms. The zero-order chi connectivity index (χ0) is 22.7. The number of aromatic nitrogens is 5. The van der Waals surface area contributed by atoms with Gasteiger partial charge in [0, 0.05) is 37.1 Å². The summed E-state index contributed by atoms with van der Waals surface area (Å²) in [6, 6.07) is 6.57.